The van der Waals surface area contributed by atoms with Crippen molar-refractivity contribution in [3.8, 4) is 0 Å². The monoisotopic (exact) mass is 170 g/mol. The molecule has 2 heteroatoms. The topological polar surface area (TPSA) is 38.0 Å². The van der Waals surface area contributed by atoms with E-state index in [9.17, 15) is 0 Å². The van der Waals surface area contributed by atoms with E-state index in [-0.39, 0.29) is 0 Å². The molecule has 1 aliphatic rings. The van der Waals surface area contributed by atoms with Crippen molar-refractivity contribution in [2.45, 2.75) is 64.1 Å². The van der Waals surface area contributed by atoms with E-state index in [4.69, 9.17) is 5.73 Å². The number of nitrogens with one attached hydrogen (secondary N) is 1. The fourth-order valence-corrected chi connectivity index (χ4v) is 2.03. The molecule has 0 aromatic carbocycles. The van der Waals surface area contributed by atoms with Crippen molar-refractivity contribution in [2.75, 3.05) is 0 Å². The third kappa shape index (κ3) is 2.76. The van der Waals surface area contributed by atoms with Crippen LogP contribution in [0, 0.1) is 0 Å². The molecule has 1 fully saturated rings. The van der Waals surface area contributed by atoms with Crippen LogP contribution in [0.3, 0.4) is 0 Å². The van der Waals surface area contributed by atoms with Gasteiger partial charge in [0.15, 0.2) is 0 Å². The molecule has 1 aliphatic carbocycles. The van der Waals surface area contributed by atoms with E-state index in [2.05, 4.69) is 19.2 Å². The lowest BCUT2D eigenvalue weighted by Gasteiger charge is -2.20. The van der Waals surface area contributed by atoms with Crippen LogP contribution < -0.4 is 11.1 Å². The molecule has 2 atom stereocenters. The van der Waals surface area contributed by atoms with Gasteiger partial charge in [0, 0.05) is 18.1 Å². The molecule has 1 saturated carbocycles. The van der Waals surface area contributed by atoms with Crippen molar-refractivity contribution in [2.24, 2.45) is 5.73 Å². The molecular formula is C10H22N2. The molecule has 0 aromatic heterocycles. The number of hydrogen-bond acceptors (Lipinski definition) is 2. The van der Waals surface area contributed by atoms with Gasteiger partial charge in [-0.1, -0.05) is 13.8 Å². The molecule has 0 spiro atoms. The number of nitrogens with two attached hydrogens (primary N) is 1. The van der Waals surface area contributed by atoms with Crippen LogP contribution >= 0.6 is 0 Å². The summed E-state index contributed by atoms with van der Waals surface area (Å²) in [5.41, 5.74) is 5.84. The van der Waals surface area contributed by atoms with Crippen molar-refractivity contribution in [3.63, 3.8) is 0 Å². The first kappa shape index (κ1) is 10.0. The Morgan fingerprint density at radius 3 is 2.42 bits per heavy atom. The highest BCUT2D eigenvalue weighted by molar-refractivity contribution is 4.84. The maximum atomic E-state index is 5.84. The molecule has 0 bridgehead atoms. The van der Waals surface area contributed by atoms with Gasteiger partial charge in [-0.05, 0) is 32.1 Å². The van der Waals surface area contributed by atoms with Crippen molar-refractivity contribution in [1.29, 1.82) is 0 Å². The third-order valence-corrected chi connectivity index (χ3v) is 2.93. The van der Waals surface area contributed by atoms with Gasteiger partial charge in [0.2, 0.25) is 0 Å². The third-order valence-electron chi connectivity index (χ3n) is 2.93. The highest BCUT2D eigenvalue weighted by Crippen LogP contribution is 2.18. The maximum absolute atomic E-state index is 5.84. The van der Waals surface area contributed by atoms with Gasteiger partial charge in [0.25, 0.3) is 0 Å². The molecule has 0 radical (unpaired) electrons. The van der Waals surface area contributed by atoms with Crippen LogP contribution in [0.25, 0.3) is 0 Å². The average Bonchev–Trinajstić information content (AvgIpc) is 2.47. The Morgan fingerprint density at radius 1 is 1.33 bits per heavy atom. The van der Waals surface area contributed by atoms with Crippen LogP contribution in [-0.2, 0) is 0 Å². The number of hydrogen-bond donors (Lipinski definition) is 2. The van der Waals surface area contributed by atoms with Gasteiger partial charge in [-0.2, -0.15) is 0 Å². The molecule has 0 aromatic rings. The molecule has 0 aliphatic heterocycles. The van der Waals surface area contributed by atoms with E-state index in [1.54, 1.807) is 0 Å². The summed E-state index contributed by atoms with van der Waals surface area (Å²) in [6.07, 6.45) is 6.14. The van der Waals surface area contributed by atoms with Crippen LogP contribution in [0.4, 0.5) is 0 Å². The molecule has 0 heterocycles. The van der Waals surface area contributed by atoms with Crippen LogP contribution in [0.5, 0.6) is 0 Å². The Labute approximate surface area is 75.9 Å². The van der Waals surface area contributed by atoms with Crippen molar-refractivity contribution >= 4 is 0 Å². The molecule has 3 N–H and O–H groups in total. The quantitative estimate of drug-likeness (QED) is 0.673. The van der Waals surface area contributed by atoms with E-state index in [0.29, 0.717) is 18.1 Å². The normalized spacial score (nSPS) is 30.0. The van der Waals surface area contributed by atoms with Crippen molar-refractivity contribution < 1.29 is 0 Å². The Balaban J connectivity index is 2.21. The molecule has 2 nitrogen and oxygen atoms in total. The van der Waals surface area contributed by atoms with E-state index in [1.807, 2.05) is 0 Å². The van der Waals surface area contributed by atoms with E-state index in [0.717, 1.165) is 0 Å². The summed E-state index contributed by atoms with van der Waals surface area (Å²) >= 11 is 0. The Hall–Kier alpha value is -0.0800. The van der Waals surface area contributed by atoms with Crippen LogP contribution in [-0.4, -0.2) is 18.1 Å². The van der Waals surface area contributed by atoms with Crippen molar-refractivity contribution in [1.82, 2.24) is 5.32 Å². The molecule has 0 saturated heterocycles. The first-order chi connectivity index (χ1) is 5.76. The largest absolute Gasteiger partial charge is 0.328 e. The summed E-state index contributed by atoms with van der Waals surface area (Å²) in [5, 5.41) is 3.67. The first-order valence-electron chi connectivity index (χ1n) is 5.27. The summed E-state index contributed by atoms with van der Waals surface area (Å²) in [6, 6.07) is 1.86. The molecule has 12 heavy (non-hydrogen) atoms. The summed E-state index contributed by atoms with van der Waals surface area (Å²) < 4.78 is 0. The predicted octanol–water partition coefficient (Wildman–Crippen LogP) is 1.64. The second-order valence-corrected chi connectivity index (χ2v) is 3.95. The van der Waals surface area contributed by atoms with Gasteiger partial charge in [0.05, 0.1) is 0 Å². The van der Waals surface area contributed by atoms with Crippen LogP contribution in [0.2, 0.25) is 0 Å². The molecule has 0 amide bonds. The summed E-state index contributed by atoms with van der Waals surface area (Å²) in [5.74, 6) is 0. The summed E-state index contributed by atoms with van der Waals surface area (Å²) in [7, 11) is 0. The Morgan fingerprint density at radius 2 is 2.00 bits per heavy atom. The number of rotatable bonds is 4. The minimum absolute atomic E-state index is 0.455. The zero-order chi connectivity index (χ0) is 8.97. The zero-order valence-corrected chi connectivity index (χ0v) is 8.34. The Kier molecular flexibility index (Phi) is 4.02. The van der Waals surface area contributed by atoms with Gasteiger partial charge in [-0.25, -0.2) is 0 Å². The fourth-order valence-electron chi connectivity index (χ4n) is 2.03. The average molecular weight is 170 g/mol. The van der Waals surface area contributed by atoms with E-state index in [1.165, 1.54) is 32.1 Å². The molecule has 1 rings (SSSR count). The van der Waals surface area contributed by atoms with Crippen molar-refractivity contribution in [3.05, 3.63) is 0 Å². The second kappa shape index (κ2) is 4.83. The molecule has 72 valence electrons. The zero-order valence-electron chi connectivity index (χ0n) is 8.34. The highest BCUT2D eigenvalue weighted by atomic mass is 15.0. The Bertz CT molecular complexity index is 121. The van der Waals surface area contributed by atoms with Gasteiger partial charge in [-0.15, -0.1) is 0 Å². The van der Waals surface area contributed by atoms with Gasteiger partial charge >= 0.3 is 0 Å². The van der Waals surface area contributed by atoms with Gasteiger partial charge in [-0.3, -0.25) is 0 Å². The maximum Gasteiger partial charge on any atom is 0.00849 e. The van der Waals surface area contributed by atoms with Crippen LogP contribution in [0.15, 0.2) is 0 Å². The fraction of sp³-hybridized carbons (Fsp3) is 1.00. The molecule has 2 unspecified atom stereocenters. The predicted molar refractivity (Wildman–Crippen MR) is 53.1 cm³/mol. The lowest BCUT2D eigenvalue weighted by molar-refractivity contribution is 0.408. The minimum atomic E-state index is 0.455. The highest BCUT2D eigenvalue weighted by Gasteiger charge is 2.22. The molecular weight excluding hydrogens is 148 g/mol. The van der Waals surface area contributed by atoms with E-state index < -0.39 is 0 Å². The van der Waals surface area contributed by atoms with Crippen LogP contribution in [0.1, 0.15) is 46.0 Å². The minimum Gasteiger partial charge on any atom is -0.328 e. The van der Waals surface area contributed by atoms with Gasteiger partial charge < -0.3 is 11.1 Å². The van der Waals surface area contributed by atoms with Gasteiger partial charge in [0.1, 0.15) is 0 Å². The van der Waals surface area contributed by atoms with E-state index >= 15 is 0 Å². The second-order valence-electron chi connectivity index (χ2n) is 3.95. The lowest BCUT2D eigenvalue weighted by atomic mass is 10.1. The SMILES string of the molecule is CCC(CC)NC1CCC(N)C1. The lowest BCUT2D eigenvalue weighted by Crippen LogP contribution is -2.36. The summed E-state index contributed by atoms with van der Waals surface area (Å²) in [4.78, 5) is 0. The summed E-state index contributed by atoms with van der Waals surface area (Å²) in [6.45, 7) is 4.49. The smallest absolute Gasteiger partial charge is 0.00849 e. The first-order valence-corrected chi connectivity index (χ1v) is 5.27. The standard InChI is InChI=1S/C10H22N2/c1-3-9(4-2)12-10-6-5-8(11)7-10/h8-10,12H,3-7,11H2,1-2H3.